The number of allylic oxidation sites excluding steroid dienone is 2. The number of aryl methyl sites for hydroxylation is 1. The van der Waals surface area contributed by atoms with Crippen molar-refractivity contribution in [2.45, 2.75) is 13.3 Å². The van der Waals surface area contributed by atoms with E-state index < -0.39 is 5.97 Å². The van der Waals surface area contributed by atoms with Gasteiger partial charge in [-0.2, -0.15) is 0 Å². The Bertz CT molecular complexity index is 389. The van der Waals surface area contributed by atoms with Gasteiger partial charge < -0.3 is 5.11 Å². The fourth-order valence-electron chi connectivity index (χ4n) is 1.22. The number of aliphatic carboxylic acids is 1. The van der Waals surface area contributed by atoms with Crippen LogP contribution in [0.5, 0.6) is 0 Å². The van der Waals surface area contributed by atoms with Gasteiger partial charge in [-0.15, -0.1) is 0 Å². The number of hydrogen-bond donors (Lipinski definition) is 1. The molecular formula is C13H14O2. The molecule has 78 valence electrons. The first kappa shape index (κ1) is 11.2. The van der Waals surface area contributed by atoms with Crippen molar-refractivity contribution in [2.24, 2.45) is 0 Å². The van der Waals surface area contributed by atoms with Crippen molar-refractivity contribution < 1.29 is 9.90 Å². The van der Waals surface area contributed by atoms with Crippen LogP contribution in [-0.2, 0) is 11.2 Å². The third kappa shape index (κ3) is 4.27. The molecule has 0 aliphatic heterocycles. The summed E-state index contributed by atoms with van der Waals surface area (Å²) in [5, 5.41) is 8.37. The molecular weight excluding hydrogens is 188 g/mol. The average molecular weight is 202 g/mol. The van der Waals surface area contributed by atoms with Crippen molar-refractivity contribution in [2.75, 3.05) is 0 Å². The standard InChI is InChI=1S/C13H14O2/c1-2-11-7-5-8-12(10-11)6-3-4-9-13(14)15/h3-10H,2H2,1H3,(H,14,15). The fraction of sp³-hybridized carbons (Fsp3) is 0.154. The van der Waals surface area contributed by atoms with Crippen molar-refractivity contribution in [1.82, 2.24) is 0 Å². The Labute approximate surface area is 89.6 Å². The minimum atomic E-state index is -0.929. The first-order valence-corrected chi connectivity index (χ1v) is 4.89. The molecule has 0 saturated heterocycles. The topological polar surface area (TPSA) is 37.3 Å². The molecule has 15 heavy (non-hydrogen) atoms. The second-order valence-corrected chi connectivity index (χ2v) is 3.16. The van der Waals surface area contributed by atoms with Gasteiger partial charge in [-0.3, -0.25) is 0 Å². The highest BCUT2D eigenvalue weighted by atomic mass is 16.4. The van der Waals surface area contributed by atoms with E-state index in [9.17, 15) is 4.79 Å². The molecule has 2 nitrogen and oxygen atoms in total. The number of carboxylic acid groups (broad SMARTS) is 1. The molecule has 0 fully saturated rings. The van der Waals surface area contributed by atoms with Crippen LogP contribution in [0.4, 0.5) is 0 Å². The lowest BCUT2D eigenvalue weighted by atomic mass is 10.1. The summed E-state index contributed by atoms with van der Waals surface area (Å²) in [6.07, 6.45) is 7.25. The van der Waals surface area contributed by atoms with Crippen molar-refractivity contribution in [3.63, 3.8) is 0 Å². The van der Waals surface area contributed by atoms with Gasteiger partial charge in [-0.1, -0.05) is 49.4 Å². The predicted octanol–water partition coefficient (Wildman–Crippen LogP) is 2.90. The molecule has 1 rings (SSSR count). The third-order valence-electron chi connectivity index (χ3n) is 2.00. The summed E-state index contributed by atoms with van der Waals surface area (Å²) in [4.78, 5) is 10.2. The number of rotatable bonds is 4. The van der Waals surface area contributed by atoms with E-state index in [0.29, 0.717) is 0 Å². The maximum absolute atomic E-state index is 10.2. The van der Waals surface area contributed by atoms with Gasteiger partial charge in [0.2, 0.25) is 0 Å². The van der Waals surface area contributed by atoms with Gasteiger partial charge in [0.15, 0.2) is 0 Å². The van der Waals surface area contributed by atoms with E-state index in [1.807, 2.05) is 18.2 Å². The highest BCUT2D eigenvalue weighted by molar-refractivity contribution is 5.80. The van der Waals surface area contributed by atoms with Gasteiger partial charge in [0.1, 0.15) is 0 Å². The lowest BCUT2D eigenvalue weighted by Crippen LogP contribution is -1.84. The van der Waals surface area contributed by atoms with Gasteiger partial charge in [-0.25, -0.2) is 4.79 Å². The minimum absolute atomic E-state index is 0.929. The van der Waals surface area contributed by atoms with Crippen LogP contribution in [0.1, 0.15) is 18.1 Å². The van der Waals surface area contributed by atoms with E-state index in [0.717, 1.165) is 18.1 Å². The largest absolute Gasteiger partial charge is 0.478 e. The molecule has 0 unspecified atom stereocenters. The lowest BCUT2D eigenvalue weighted by molar-refractivity contribution is -0.131. The molecule has 1 N–H and O–H groups in total. The Morgan fingerprint density at radius 1 is 1.40 bits per heavy atom. The van der Waals surface area contributed by atoms with E-state index in [1.165, 1.54) is 11.6 Å². The number of benzene rings is 1. The highest BCUT2D eigenvalue weighted by Crippen LogP contribution is 2.07. The lowest BCUT2D eigenvalue weighted by Gasteiger charge is -1.97. The Hall–Kier alpha value is -1.83. The zero-order valence-electron chi connectivity index (χ0n) is 8.68. The van der Waals surface area contributed by atoms with Crippen LogP contribution >= 0.6 is 0 Å². The van der Waals surface area contributed by atoms with Crippen LogP contribution in [0.25, 0.3) is 6.08 Å². The van der Waals surface area contributed by atoms with E-state index in [1.54, 1.807) is 6.08 Å². The first-order chi connectivity index (χ1) is 7.22. The molecule has 0 radical (unpaired) electrons. The normalized spacial score (nSPS) is 11.3. The zero-order valence-corrected chi connectivity index (χ0v) is 8.68. The molecule has 0 aliphatic rings. The number of carboxylic acids is 1. The minimum Gasteiger partial charge on any atom is -0.478 e. The van der Waals surface area contributed by atoms with Crippen molar-refractivity contribution in [3.05, 3.63) is 53.6 Å². The van der Waals surface area contributed by atoms with Crippen LogP contribution in [0.2, 0.25) is 0 Å². The molecule has 0 aliphatic carbocycles. The Morgan fingerprint density at radius 2 is 2.20 bits per heavy atom. The van der Waals surface area contributed by atoms with Crippen LogP contribution < -0.4 is 0 Å². The smallest absolute Gasteiger partial charge is 0.328 e. The van der Waals surface area contributed by atoms with Crippen LogP contribution in [0.3, 0.4) is 0 Å². The summed E-state index contributed by atoms with van der Waals surface area (Å²) in [6, 6.07) is 8.15. The van der Waals surface area contributed by atoms with Crippen molar-refractivity contribution in [1.29, 1.82) is 0 Å². The molecule has 0 bridgehead atoms. The molecule has 0 aromatic heterocycles. The fourth-order valence-corrected chi connectivity index (χ4v) is 1.22. The quantitative estimate of drug-likeness (QED) is 0.602. The average Bonchev–Trinajstić information content (AvgIpc) is 2.24. The van der Waals surface area contributed by atoms with Gasteiger partial charge in [-0.05, 0) is 17.5 Å². The van der Waals surface area contributed by atoms with Gasteiger partial charge in [0, 0.05) is 6.08 Å². The molecule has 0 spiro atoms. The molecule has 0 saturated carbocycles. The highest BCUT2D eigenvalue weighted by Gasteiger charge is 1.89. The summed E-state index contributed by atoms with van der Waals surface area (Å²) in [5.74, 6) is -0.929. The van der Waals surface area contributed by atoms with Crippen LogP contribution in [0.15, 0.2) is 42.5 Å². The second-order valence-electron chi connectivity index (χ2n) is 3.16. The van der Waals surface area contributed by atoms with E-state index in [4.69, 9.17) is 5.11 Å². The summed E-state index contributed by atoms with van der Waals surface area (Å²) in [6.45, 7) is 2.10. The van der Waals surface area contributed by atoms with Crippen molar-refractivity contribution >= 4 is 12.0 Å². The number of hydrogen-bond acceptors (Lipinski definition) is 1. The summed E-state index contributed by atoms with van der Waals surface area (Å²) < 4.78 is 0. The van der Waals surface area contributed by atoms with Crippen LogP contribution in [0, 0.1) is 0 Å². The van der Waals surface area contributed by atoms with Gasteiger partial charge in [0.25, 0.3) is 0 Å². The van der Waals surface area contributed by atoms with Crippen molar-refractivity contribution in [3.8, 4) is 0 Å². The summed E-state index contributed by atoms with van der Waals surface area (Å²) >= 11 is 0. The molecule has 1 aromatic rings. The SMILES string of the molecule is CCc1cccc(C=CC=CC(=O)O)c1. The molecule has 1 aromatic carbocycles. The van der Waals surface area contributed by atoms with Gasteiger partial charge >= 0.3 is 5.97 Å². The van der Waals surface area contributed by atoms with E-state index >= 15 is 0 Å². The Kier molecular flexibility index (Phi) is 4.35. The monoisotopic (exact) mass is 202 g/mol. The Balaban J connectivity index is 2.67. The zero-order chi connectivity index (χ0) is 11.1. The van der Waals surface area contributed by atoms with E-state index in [2.05, 4.69) is 19.1 Å². The molecule has 0 amide bonds. The number of carbonyl (C=O) groups is 1. The maximum atomic E-state index is 10.2. The first-order valence-electron chi connectivity index (χ1n) is 4.89. The van der Waals surface area contributed by atoms with Gasteiger partial charge in [0.05, 0.1) is 0 Å². The van der Waals surface area contributed by atoms with Crippen LogP contribution in [-0.4, -0.2) is 11.1 Å². The second kappa shape index (κ2) is 5.81. The Morgan fingerprint density at radius 3 is 2.87 bits per heavy atom. The molecule has 2 heteroatoms. The summed E-state index contributed by atoms with van der Waals surface area (Å²) in [5.41, 5.74) is 2.36. The third-order valence-corrected chi connectivity index (χ3v) is 2.00. The molecule has 0 atom stereocenters. The summed E-state index contributed by atoms with van der Waals surface area (Å²) in [7, 11) is 0. The van der Waals surface area contributed by atoms with E-state index in [-0.39, 0.29) is 0 Å². The maximum Gasteiger partial charge on any atom is 0.328 e. The predicted molar refractivity (Wildman–Crippen MR) is 61.6 cm³/mol. The molecule has 0 heterocycles.